The summed E-state index contributed by atoms with van der Waals surface area (Å²) < 4.78 is 0. The number of rotatable bonds is 4. The second-order valence-corrected chi connectivity index (χ2v) is 3.97. The summed E-state index contributed by atoms with van der Waals surface area (Å²) in [6.07, 6.45) is 0.922. The molecule has 1 rings (SSSR count). The van der Waals surface area contributed by atoms with Crippen LogP contribution >= 0.6 is 0 Å². The minimum Gasteiger partial charge on any atom is -0.345 e. The van der Waals surface area contributed by atoms with Crippen LogP contribution in [0.3, 0.4) is 0 Å². The van der Waals surface area contributed by atoms with E-state index in [0.717, 1.165) is 17.7 Å². The first kappa shape index (κ1) is 13.2. The number of amides is 2. The van der Waals surface area contributed by atoms with Gasteiger partial charge in [0.25, 0.3) is 0 Å². The van der Waals surface area contributed by atoms with E-state index < -0.39 is 6.04 Å². The summed E-state index contributed by atoms with van der Waals surface area (Å²) in [4.78, 5) is 22.5. The van der Waals surface area contributed by atoms with E-state index in [9.17, 15) is 9.59 Å². The Morgan fingerprint density at radius 1 is 1.35 bits per heavy atom. The third-order valence-electron chi connectivity index (χ3n) is 2.42. The molecule has 1 aromatic rings. The number of hydrogen-bond donors (Lipinski definition) is 2. The summed E-state index contributed by atoms with van der Waals surface area (Å²) in [5.41, 5.74) is 1.92. The number of nitrogens with one attached hydrogen (secondary N) is 2. The monoisotopic (exact) mass is 234 g/mol. The Kier molecular flexibility index (Phi) is 4.69. The van der Waals surface area contributed by atoms with Crippen LogP contribution < -0.4 is 10.6 Å². The zero-order valence-corrected chi connectivity index (χ0v) is 10.4. The van der Waals surface area contributed by atoms with Crippen molar-refractivity contribution in [3.63, 3.8) is 0 Å². The van der Waals surface area contributed by atoms with Gasteiger partial charge in [-0.2, -0.15) is 0 Å². The van der Waals surface area contributed by atoms with Gasteiger partial charge in [0.05, 0.1) is 0 Å². The van der Waals surface area contributed by atoms with Gasteiger partial charge in [-0.3, -0.25) is 9.59 Å². The molecular weight excluding hydrogens is 216 g/mol. The molecule has 4 nitrogen and oxygen atoms in total. The number of carbonyl (C=O) groups excluding carboxylic acids is 2. The molecule has 0 aliphatic carbocycles. The molecule has 0 aliphatic heterocycles. The molecule has 0 radical (unpaired) electrons. The van der Waals surface area contributed by atoms with Crippen LogP contribution in [-0.2, 0) is 16.0 Å². The fourth-order valence-corrected chi connectivity index (χ4v) is 1.49. The Morgan fingerprint density at radius 2 is 2.06 bits per heavy atom. The van der Waals surface area contributed by atoms with Crippen LogP contribution in [0, 0.1) is 0 Å². The number of benzene rings is 1. The van der Waals surface area contributed by atoms with Gasteiger partial charge in [-0.15, -0.1) is 0 Å². The van der Waals surface area contributed by atoms with E-state index in [0.29, 0.717) is 0 Å². The molecule has 0 unspecified atom stereocenters. The lowest BCUT2D eigenvalue weighted by atomic mass is 10.1. The average Bonchev–Trinajstić information content (AvgIpc) is 2.28. The van der Waals surface area contributed by atoms with E-state index in [1.807, 2.05) is 24.3 Å². The van der Waals surface area contributed by atoms with Crippen LogP contribution in [0.15, 0.2) is 24.3 Å². The van der Waals surface area contributed by atoms with Gasteiger partial charge < -0.3 is 10.6 Å². The van der Waals surface area contributed by atoms with Crippen molar-refractivity contribution in [2.24, 2.45) is 0 Å². The highest BCUT2D eigenvalue weighted by atomic mass is 16.2. The third-order valence-corrected chi connectivity index (χ3v) is 2.42. The first-order valence-corrected chi connectivity index (χ1v) is 5.69. The van der Waals surface area contributed by atoms with Gasteiger partial charge in [-0.05, 0) is 31.0 Å². The molecule has 0 aromatic heterocycles. The van der Waals surface area contributed by atoms with Crippen molar-refractivity contribution in [2.75, 3.05) is 5.32 Å². The van der Waals surface area contributed by atoms with Crippen LogP contribution in [0.5, 0.6) is 0 Å². The average molecular weight is 234 g/mol. The Hall–Kier alpha value is -1.84. The SMILES string of the molecule is CCc1cccc(NC(=O)[C@H](C)NC(C)=O)c1. The summed E-state index contributed by atoms with van der Waals surface area (Å²) in [7, 11) is 0. The Morgan fingerprint density at radius 3 is 2.65 bits per heavy atom. The van der Waals surface area contributed by atoms with Crippen molar-refractivity contribution in [3.8, 4) is 0 Å². The predicted molar refractivity (Wildman–Crippen MR) is 67.7 cm³/mol. The molecule has 0 saturated heterocycles. The maximum Gasteiger partial charge on any atom is 0.246 e. The summed E-state index contributed by atoms with van der Waals surface area (Å²) in [6, 6.07) is 7.14. The van der Waals surface area contributed by atoms with Crippen LogP contribution in [0.25, 0.3) is 0 Å². The molecule has 2 amide bonds. The lowest BCUT2D eigenvalue weighted by Gasteiger charge is -2.13. The number of aryl methyl sites for hydroxylation is 1. The fraction of sp³-hybridized carbons (Fsp3) is 0.385. The molecule has 0 spiro atoms. The number of carbonyl (C=O) groups is 2. The van der Waals surface area contributed by atoms with Crippen LogP contribution in [0.2, 0.25) is 0 Å². The molecule has 17 heavy (non-hydrogen) atoms. The van der Waals surface area contributed by atoms with E-state index in [1.54, 1.807) is 6.92 Å². The molecule has 2 N–H and O–H groups in total. The summed E-state index contributed by atoms with van der Waals surface area (Å²) in [5.74, 6) is -0.427. The second-order valence-electron chi connectivity index (χ2n) is 3.97. The zero-order chi connectivity index (χ0) is 12.8. The van der Waals surface area contributed by atoms with Crippen molar-refractivity contribution in [2.45, 2.75) is 33.2 Å². The highest BCUT2D eigenvalue weighted by Crippen LogP contribution is 2.11. The Bertz CT molecular complexity index is 416. The molecule has 0 bridgehead atoms. The van der Waals surface area contributed by atoms with Crippen molar-refractivity contribution in [1.29, 1.82) is 0 Å². The topological polar surface area (TPSA) is 58.2 Å². The maximum absolute atomic E-state index is 11.7. The van der Waals surface area contributed by atoms with E-state index in [-0.39, 0.29) is 11.8 Å². The van der Waals surface area contributed by atoms with E-state index in [1.165, 1.54) is 6.92 Å². The first-order valence-electron chi connectivity index (χ1n) is 5.69. The largest absolute Gasteiger partial charge is 0.345 e. The lowest BCUT2D eigenvalue weighted by Crippen LogP contribution is -2.40. The van der Waals surface area contributed by atoms with Crippen molar-refractivity contribution < 1.29 is 9.59 Å². The molecule has 1 atom stereocenters. The van der Waals surface area contributed by atoms with Gasteiger partial charge in [0, 0.05) is 12.6 Å². The van der Waals surface area contributed by atoms with E-state index >= 15 is 0 Å². The lowest BCUT2D eigenvalue weighted by molar-refractivity contribution is -0.124. The van der Waals surface area contributed by atoms with Gasteiger partial charge in [-0.1, -0.05) is 19.1 Å². The number of hydrogen-bond acceptors (Lipinski definition) is 2. The van der Waals surface area contributed by atoms with Gasteiger partial charge in [0.15, 0.2) is 0 Å². The third kappa shape index (κ3) is 4.26. The fourth-order valence-electron chi connectivity index (χ4n) is 1.49. The van der Waals surface area contributed by atoms with Crippen molar-refractivity contribution >= 4 is 17.5 Å². The summed E-state index contributed by atoms with van der Waals surface area (Å²) >= 11 is 0. The number of anilines is 1. The van der Waals surface area contributed by atoms with E-state index in [4.69, 9.17) is 0 Å². The van der Waals surface area contributed by atoms with Crippen molar-refractivity contribution in [1.82, 2.24) is 5.32 Å². The molecule has 92 valence electrons. The van der Waals surface area contributed by atoms with Gasteiger partial charge in [-0.25, -0.2) is 0 Å². The second kappa shape index (κ2) is 6.03. The van der Waals surface area contributed by atoms with Crippen LogP contribution in [-0.4, -0.2) is 17.9 Å². The molecular formula is C13H18N2O2. The Labute approximate surface area is 101 Å². The summed E-state index contributed by atoms with van der Waals surface area (Å²) in [6.45, 7) is 5.10. The maximum atomic E-state index is 11.7. The highest BCUT2D eigenvalue weighted by Gasteiger charge is 2.13. The minimum absolute atomic E-state index is 0.213. The Balaban J connectivity index is 2.64. The highest BCUT2D eigenvalue weighted by molar-refractivity contribution is 5.96. The van der Waals surface area contributed by atoms with Crippen LogP contribution in [0.4, 0.5) is 5.69 Å². The molecule has 0 heterocycles. The molecule has 0 aliphatic rings. The zero-order valence-electron chi connectivity index (χ0n) is 10.4. The predicted octanol–water partition coefficient (Wildman–Crippen LogP) is 1.71. The molecule has 0 saturated carbocycles. The van der Waals surface area contributed by atoms with Gasteiger partial charge in [0.2, 0.25) is 11.8 Å². The normalized spacial score (nSPS) is 11.7. The summed E-state index contributed by atoms with van der Waals surface area (Å²) in [5, 5.41) is 5.31. The molecule has 1 aromatic carbocycles. The standard InChI is InChI=1S/C13H18N2O2/c1-4-11-6-5-7-12(8-11)15-13(17)9(2)14-10(3)16/h5-9H,4H2,1-3H3,(H,14,16)(H,15,17)/t9-/m0/s1. The van der Waals surface area contributed by atoms with Crippen molar-refractivity contribution in [3.05, 3.63) is 29.8 Å². The molecule has 0 fully saturated rings. The smallest absolute Gasteiger partial charge is 0.246 e. The van der Waals surface area contributed by atoms with Gasteiger partial charge in [0.1, 0.15) is 6.04 Å². The minimum atomic E-state index is -0.530. The van der Waals surface area contributed by atoms with Gasteiger partial charge >= 0.3 is 0 Å². The molecule has 4 heteroatoms. The van der Waals surface area contributed by atoms with Crippen LogP contribution in [0.1, 0.15) is 26.3 Å². The first-order chi connectivity index (χ1) is 8.02. The quantitative estimate of drug-likeness (QED) is 0.833. The van der Waals surface area contributed by atoms with E-state index in [2.05, 4.69) is 17.6 Å².